The second-order valence-electron chi connectivity index (χ2n) is 7.45. The number of fused-ring (bicyclic) bond motifs is 1. The first kappa shape index (κ1) is 19.7. The van der Waals surface area contributed by atoms with Gasteiger partial charge in [0.25, 0.3) is 11.8 Å². The predicted molar refractivity (Wildman–Crippen MR) is 117 cm³/mol. The van der Waals surface area contributed by atoms with Gasteiger partial charge < -0.3 is 15.0 Å². The minimum Gasteiger partial charge on any atom is -0.483 e. The molecule has 1 aliphatic heterocycles. The molecule has 1 aliphatic rings. The summed E-state index contributed by atoms with van der Waals surface area (Å²) in [6.07, 6.45) is 0.698. The summed E-state index contributed by atoms with van der Waals surface area (Å²) in [6, 6.07) is 23.0. The van der Waals surface area contributed by atoms with E-state index < -0.39 is 0 Å². The Kier molecular flexibility index (Phi) is 5.80. The van der Waals surface area contributed by atoms with Crippen molar-refractivity contribution in [1.82, 2.24) is 4.90 Å². The van der Waals surface area contributed by atoms with E-state index in [0.29, 0.717) is 30.8 Å². The number of carbonyl (C=O) groups excluding carboxylic acids is 2. The number of rotatable bonds is 6. The van der Waals surface area contributed by atoms with Gasteiger partial charge in [-0.2, -0.15) is 0 Å². The minimum absolute atomic E-state index is 0.00494. The lowest BCUT2D eigenvalue weighted by Crippen LogP contribution is -2.37. The SMILES string of the molecule is Cc1ccc(NC(=O)COc2cccc3c2CCN(Cc2ccccc2)C3=O)cc1. The molecule has 3 aromatic rings. The molecule has 0 spiro atoms. The van der Waals surface area contributed by atoms with Crippen LogP contribution in [0.5, 0.6) is 5.75 Å². The number of nitrogens with zero attached hydrogens (tertiary/aromatic N) is 1. The molecule has 1 N–H and O–H groups in total. The molecule has 152 valence electrons. The van der Waals surface area contributed by atoms with E-state index in [1.807, 2.05) is 78.6 Å². The number of aryl methyl sites for hydroxylation is 1. The number of benzene rings is 3. The van der Waals surface area contributed by atoms with E-state index in [-0.39, 0.29) is 18.4 Å². The lowest BCUT2D eigenvalue weighted by molar-refractivity contribution is -0.118. The Labute approximate surface area is 176 Å². The molecule has 0 saturated carbocycles. The van der Waals surface area contributed by atoms with Crippen LogP contribution in [0.3, 0.4) is 0 Å². The number of hydrogen-bond acceptors (Lipinski definition) is 3. The van der Waals surface area contributed by atoms with Gasteiger partial charge in [0.15, 0.2) is 6.61 Å². The maximum absolute atomic E-state index is 13.0. The van der Waals surface area contributed by atoms with E-state index in [4.69, 9.17) is 4.74 Å². The molecular formula is C25H24N2O3. The molecule has 0 unspecified atom stereocenters. The van der Waals surface area contributed by atoms with Crippen LogP contribution < -0.4 is 10.1 Å². The molecule has 0 fully saturated rings. The largest absolute Gasteiger partial charge is 0.483 e. The monoisotopic (exact) mass is 400 g/mol. The number of carbonyl (C=O) groups is 2. The molecule has 5 heteroatoms. The molecule has 0 bridgehead atoms. The number of nitrogens with one attached hydrogen (secondary N) is 1. The number of ether oxygens (including phenoxy) is 1. The highest BCUT2D eigenvalue weighted by molar-refractivity contribution is 5.97. The van der Waals surface area contributed by atoms with Crippen LogP contribution in [-0.4, -0.2) is 29.9 Å². The van der Waals surface area contributed by atoms with Crippen LogP contribution >= 0.6 is 0 Å². The lowest BCUT2D eigenvalue weighted by atomic mass is 9.97. The van der Waals surface area contributed by atoms with Gasteiger partial charge in [0.2, 0.25) is 0 Å². The first-order valence-corrected chi connectivity index (χ1v) is 10.0. The number of amides is 2. The van der Waals surface area contributed by atoms with Gasteiger partial charge in [-0.25, -0.2) is 0 Å². The van der Waals surface area contributed by atoms with Crippen LogP contribution in [0, 0.1) is 6.92 Å². The van der Waals surface area contributed by atoms with Crippen molar-refractivity contribution in [2.24, 2.45) is 0 Å². The van der Waals surface area contributed by atoms with E-state index in [1.54, 1.807) is 6.07 Å². The van der Waals surface area contributed by atoms with Crippen molar-refractivity contribution in [2.45, 2.75) is 19.9 Å². The third-order valence-electron chi connectivity index (χ3n) is 5.19. The van der Waals surface area contributed by atoms with Crippen molar-refractivity contribution in [3.05, 3.63) is 95.1 Å². The average molecular weight is 400 g/mol. The molecule has 30 heavy (non-hydrogen) atoms. The molecule has 4 rings (SSSR count). The smallest absolute Gasteiger partial charge is 0.262 e. The van der Waals surface area contributed by atoms with E-state index in [0.717, 1.165) is 22.4 Å². The zero-order valence-electron chi connectivity index (χ0n) is 16.9. The third kappa shape index (κ3) is 4.51. The van der Waals surface area contributed by atoms with Gasteiger partial charge in [0, 0.05) is 29.9 Å². The Morgan fingerprint density at radius 3 is 2.53 bits per heavy atom. The number of anilines is 1. The van der Waals surface area contributed by atoms with Gasteiger partial charge in [-0.1, -0.05) is 54.1 Å². The highest BCUT2D eigenvalue weighted by Gasteiger charge is 2.26. The minimum atomic E-state index is -0.232. The van der Waals surface area contributed by atoms with Crippen molar-refractivity contribution in [2.75, 3.05) is 18.5 Å². The first-order chi connectivity index (χ1) is 14.6. The molecule has 2 amide bonds. The van der Waals surface area contributed by atoms with Crippen LogP contribution in [0.1, 0.15) is 27.0 Å². The van der Waals surface area contributed by atoms with Crippen LogP contribution in [-0.2, 0) is 17.8 Å². The Hall–Kier alpha value is -3.60. The van der Waals surface area contributed by atoms with E-state index in [1.165, 1.54) is 0 Å². The van der Waals surface area contributed by atoms with Crippen molar-refractivity contribution in [3.8, 4) is 5.75 Å². The number of hydrogen-bond donors (Lipinski definition) is 1. The maximum Gasteiger partial charge on any atom is 0.262 e. The maximum atomic E-state index is 13.0. The van der Waals surface area contributed by atoms with Crippen molar-refractivity contribution in [3.63, 3.8) is 0 Å². The van der Waals surface area contributed by atoms with Crippen LogP contribution in [0.2, 0.25) is 0 Å². The van der Waals surface area contributed by atoms with E-state index in [2.05, 4.69) is 5.32 Å². The first-order valence-electron chi connectivity index (χ1n) is 10.0. The van der Waals surface area contributed by atoms with Gasteiger partial charge in [-0.15, -0.1) is 0 Å². The third-order valence-corrected chi connectivity index (χ3v) is 5.19. The fourth-order valence-corrected chi connectivity index (χ4v) is 3.61. The fraction of sp³-hybridized carbons (Fsp3) is 0.200. The molecule has 1 heterocycles. The summed E-state index contributed by atoms with van der Waals surface area (Å²) < 4.78 is 5.78. The Morgan fingerprint density at radius 2 is 1.77 bits per heavy atom. The van der Waals surface area contributed by atoms with Gasteiger partial charge in [0.1, 0.15) is 5.75 Å². The van der Waals surface area contributed by atoms with Crippen molar-refractivity contribution >= 4 is 17.5 Å². The summed E-state index contributed by atoms with van der Waals surface area (Å²) in [7, 11) is 0. The van der Waals surface area contributed by atoms with Gasteiger partial charge in [0.05, 0.1) is 0 Å². The van der Waals surface area contributed by atoms with Gasteiger partial charge in [-0.3, -0.25) is 9.59 Å². The summed E-state index contributed by atoms with van der Waals surface area (Å²) in [5, 5.41) is 2.82. The summed E-state index contributed by atoms with van der Waals surface area (Å²) >= 11 is 0. The molecule has 0 radical (unpaired) electrons. The Morgan fingerprint density at radius 1 is 1.00 bits per heavy atom. The van der Waals surface area contributed by atoms with Gasteiger partial charge in [-0.05, 0) is 43.2 Å². The second-order valence-corrected chi connectivity index (χ2v) is 7.45. The zero-order chi connectivity index (χ0) is 20.9. The normalized spacial score (nSPS) is 13.0. The fourth-order valence-electron chi connectivity index (χ4n) is 3.61. The molecule has 0 aromatic heterocycles. The lowest BCUT2D eigenvalue weighted by Gasteiger charge is -2.29. The molecule has 3 aromatic carbocycles. The molecule has 0 aliphatic carbocycles. The standard InChI is InChI=1S/C25H24N2O3/c1-18-10-12-20(13-11-18)26-24(28)17-30-23-9-5-8-22-21(23)14-15-27(25(22)29)16-19-6-3-2-4-7-19/h2-13H,14-17H2,1H3,(H,26,28). The van der Waals surface area contributed by atoms with Crippen molar-refractivity contribution in [1.29, 1.82) is 0 Å². The second kappa shape index (κ2) is 8.82. The summed E-state index contributed by atoms with van der Waals surface area (Å²) in [6.45, 7) is 3.10. The topological polar surface area (TPSA) is 58.6 Å². The summed E-state index contributed by atoms with van der Waals surface area (Å²) in [5.74, 6) is 0.359. The molecule has 5 nitrogen and oxygen atoms in total. The van der Waals surface area contributed by atoms with Gasteiger partial charge >= 0.3 is 0 Å². The van der Waals surface area contributed by atoms with E-state index >= 15 is 0 Å². The quantitative estimate of drug-likeness (QED) is 0.674. The molecule has 0 saturated heterocycles. The Balaban J connectivity index is 1.41. The van der Waals surface area contributed by atoms with Crippen LogP contribution in [0.4, 0.5) is 5.69 Å². The highest BCUT2D eigenvalue weighted by Crippen LogP contribution is 2.28. The van der Waals surface area contributed by atoms with E-state index in [9.17, 15) is 9.59 Å². The predicted octanol–water partition coefficient (Wildman–Crippen LogP) is 4.21. The molecular weight excluding hydrogens is 376 g/mol. The average Bonchev–Trinajstić information content (AvgIpc) is 2.77. The Bertz CT molecular complexity index is 1050. The molecule has 0 atom stereocenters. The highest BCUT2D eigenvalue weighted by atomic mass is 16.5. The summed E-state index contributed by atoms with van der Waals surface area (Å²) in [5.41, 5.74) is 4.49. The summed E-state index contributed by atoms with van der Waals surface area (Å²) in [4.78, 5) is 27.1. The van der Waals surface area contributed by atoms with Crippen LogP contribution in [0.25, 0.3) is 0 Å². The zero-order valence-corrected chi connectivity index (χ0v) is 16.9. The van der Waals surface area contributed by atoms with Crippen LogP contribution in [0.15, 0.2) is 72.8 Å². The van der Waals surface area contributed by atoms with Crippen molar-refractivity contribution < 1.29 is 14.3 Å².